The summed E-state index contributed by atoms with van der Waals surface area (Å²) in [6.07, 6.45) is 3.46. The van der Waals surface area contributed by atoms with Crippen LogP contribution in [0.25, 0.3) is 22.0 Å². The van der Waals surface area contributed by atoms with Crippen molar-refractivity contribution in [1.82, 2.24) is 19.7 Å². The molecule has 2 heterocycles. The summed E-state index contributed by atoms with van der Waals surface area (Å²) in [6, 6.07) is 5.97. The summed E-state index contributed by atoms with van der Waals surface area (Å²) in [5.74, 6) is 0.557. The molecule has 0 aliphatic rings. The third-order valence-corrected chi connectivity index (χ3v) is 2.90. The van der Waals surface area contributed by atoms with Crippen LogP contribution in [0.5, 0.6) is 0 Å². The Labute approximate surface area is 115 Å². The number of nitrogen functional groups attached to an aromatic ring is 2. The van der Waals surface area contributed by atoms with E-state index in [1.807, 2.05) is 36.1 Å². The third kappa shape index (κ3) is 2.17. The van der Waals surface area contributed by atoms with E-state index in [4.69, 9.17) is 11.5 Å². The maximum atomic E-state index is 5.86. The molecule has 6 nitrogen and oxygen atoms in total. The molecule has 0 radical (unpaired) electrons. The van der Waals surface area contributed by atoms with Gasteiger partial charge in [0.1, 0.15) is 5.82 Å². The standard InChI is InChI=1S/C12H12N6.ClH/c1-18-10-4-7(2-3-8(10)5-16-18)9-6-15-12(14)17-11(9)13;/h2-6H,1H3,(H4,13,14,15,17);1H. The lowest BCUT2D eigenvalue weighted by Gasteiger charge is -2.05. The molecule has 0 aliphatic heterocycles. The van der Waals surface area contributed by atoms with Crippen LogP contribution in [0.2, 0.25) is 0 Å². The zero-order valence-electron chi connectivity index (χ0n) is 10.2. The molecule has 7 heteroatoms. The molecular formula is C12H13ClN6. The fourth-order valence-electron chi connectivity index (χ4n) is 1.94. The maximum absolute atomic E-state index is 5.86. The van der Waals surface area contributed by atoms with E-state index in [1.54, 1.807) is 6.20 Å². The van der Waals surface area contributed by atoms with Crippen LogP contribution in [0, 0.1) is 0 Å². The van der Waals surface area contributed by atoms with Crippen LogP contribution >= 0.6 is 12.4 Å². The van der Waals surface area contributed by atoms with Gasteiger partial charge in [0.2, 0.25) is 5.95 Å². The Kier molecular flexibility index (Phi) is 3.26. The molecule has 0 saturated carbocycles. The predicted octanol–water partition coefficient (Wildman–Crippen LogP) is 1.62. The van der Waals surface area contributed by atoms with Crippen molar-refractivity contribution < 1.29 is 0 Å². The largest absolute Gasteiger partial charge is 0.383 e. The summed E-state index contributed by atoms with van der Waals surface area (Å²) >= 11 is 0. The molecule has 3 rings (SSSR count). The molecule has 0 amide bonds. The number of fused-ring (bicyclic) bond motifs is 1. The first-order valence-corrected chi connectivity index (χ1v) is 5.45. The van der Waals surface area contributed by atoms with E-state index in [9.17, 15) is 0 Å². The number of halogens is 1. The highest BCUT2D eigenvalue weighted by Crippen LogP contribution is 2.27. The molecule has 0 bridgehead atoms. The van der Waals surface area contributed by atoms with Crippen LogP contribution in [-0.4, -0.2) is 19.7 Å². The van der Waals surface area contributed by atoms with Crippen LogP contribution in [0.4, 0.5) is 11.8 Å². The molecule has 19 heavy (non-hydrogen) atoms. The molecule has 3 aromatic rings. The van der Waals surface area contributed by atoms with Gasteiger partial charge in [-0.1, -0.05) is 12.1 Å². The van der Waals surface area contributed by atoms with E-state index in [1.165, 1.54) is 0 Å². The van der Waals surface area contributed by atoms with Gasteiger partial charge in [0.25, 0.3) is 0 Å². The number of nitrogens with two attached hydrogens (primary N) is 2. The molecule has 0 unspecified atom stereocenters. The zero-order valence-corrected chi connectivity index (χ0v) is 11.1. The van der Waals surface area contributed by atoms with Gasteiger partial charge >= 0.3 is 0 Å². The Balaban J connectivity index is 0.00000133. The molecule has 0 fully saturated rings. The fourth-order valence-corrected chi connectivity index (χ4v) is 1.94. The van der Waals surface area contributed by atoms with Crippen molar-refractivity contribution in [3.63, 3.8) is 0 Å². The molecular weight excluding hydrogens is 264 g/mol. The number of aromatic nitrogens is 4. The minimum absolute atomic E-state index is 0. The smallest absolute Gasteiger partial charge is 0.221 e. The van der Waals surface area contributed by atoms with Crippen molar-refractivity contribution in [1.29, 1.82) is 0 Å². The second-order valence-electron chi connectivity index (χ2n) is 4.07. The average Bonchev–Trinajstić information content (AvgIpc) is 2.71. The van der Waals surface area contributed by atoms with Gasteiger partial charge in [0, 0.05) is 24.2 Å². The first-order chi connectivity index (χ1) is 8.65. The molecule has 98 valence electrons. The monoisotopic (exact) mass is 276 g/mol. The predicted molar refractivity (Wildman–Crippen MR) is 77.8 cm³/mol. The first-order valence-electron chi connectivity index (χ1n) is 5.45. The number of hydrogen-bond donors (Lipinski definition) is 2. The van der Waals surface area contributed by atoms with Crippen molar-refractivity contribution in [2.45, 2.75) is 0 Å². The lowest BCUT2D eigenvalue weighted by atomic mass is 10.1. The van der Waals surface area contributed by atoms with Crippen LogP contribution in [-0.2, 0) is 7.05 Å². The number of rotatable bonds is 1. The lowest BCUT2D eigenvalue weighted by molar-refractivity contribution is 0.797. The Hall–Kier alpha value is -2.34. The molecule has 0 saturated heterocycles. The Bertz CT molecular complexity index is 736. The van der Waals surface area contributed by atoms with E-state index in [2.05, 4.69) is 15.1 Å². The van der Waals surface area contributed by atoms with E-state index >= 15 is 0 Å². The average molecular weight is 277 g/mol. The summed E-state index contributed by atoms with van der Waals surface area (Å²) in [6.45, 7) is 0. The second kappa shape index (κ2) is 4.74. The summed E-state index contributed by atoms with van der Waals surface area (Å²) in [7, 11) is 1.90. The first kappa shape index (κ1) is 13.1. The highest BCUT2D eigenvalue weighted by atomic mass is 35.5. The lowest BCUT2D eigenvalue weighted by Crippen LogP contribution is -2.01. The molecule has 0 aliphatic carbocycles. The van der Waals surface area contributed by atoms with Gasteiger partial charge < -0.3 is 11.5 Å². The van der Waals surface area contributed by atoms with Crippen molar-refractivity contribution in [2.24, 2.45) is 7.05 Å². The molecule has 0 spiro atoms. The number of nitrogens with zero attached hydrogens (tertiary/aromatic N) is 4. The molecule has 0 atom stereocenters. The summed E-state index contributed by atoms with van der Waals surface area (Å²) < 4.78 is 1.81. The van der Waals surface area contributed by atoms with Crippen molar-refractivity contribution >= 4 is 35.1 Å². The Morgan fingerprint density at radius 1 is 1.16 bits per heavy atom. The third-order valence-electron chi connectivity index (χ3n) is 2.90. The normalized spacial score (nSPS) is 10.4. The fraction of sp³-hybridized carbons (Fsp3) is 0.0833. The van der Waals surface area contributed by atoms with E-state index in [0.29, 0.717) is 5.82 Å². The number of benzene rings is 1. The Morgan fingerprint density at radius 2 is 1.95 bits per heavy atom. The minimum Gasteiger partial charge on any atom is -0.383 e. The van der Waals surface area contributed by atoms with Crippen molar-refractivity contribution in [3.8, 4) is 11.1 Å². The zero-order chi connectivity index (χ0) is 12.7. The van der Waals surface area contributed by atoms with Crippen molar-refractivity contribution in [2.75, 3.05) is 11.5 Å². The van der Waals surface area contributed by atoms with Gasteiger partial charge in [-0.25, -0.2) is 4.98 Å². The van der Waals surface area contributed by atoms with Gasteiger partial charge in [-0.15, -0.1) is 12.4 Å². The molecule has 2 aromatic heterocycles. The van der Waals surface area contributed by atoms with Crippen LogP contribution < -0.4 is 11.5 Å². The number of hydrogen-bond acceptors (Lipinski definition) is 5. The van der Waals surface area contributed by atoms with E-state index < -0.39 is 0 Å². The summed E-state index contributed by atoms with van der Waals surface area (Å²) in [4.78, 5) is 7.93. The van der Waals surface area contributed by atoms with Crippen LogP contribution in [0.3, 0.4) is 0 Å². The summed E-state index contributed by atoms with van der Waals surface area (Å²) in [5, 5.41) is 5.28. The molecule has 1 aromatic carbocycles. The van der Waals surface area contributed by atoms with Crippen LogP contribution in [0.15, 0.2) is 30.6 Å². The molecule has 4 N–H and O–H groups in total. The van der Waals surface area contributed by atoms with Crippen molar-refractivity contribution in [3.05, 3.63) is 30.6 Å². The second-order valence-corrected chi connectivity index (χ2v) is 4.07. The quantitative estimate of drug-likeness (QED) is 0.704. The van der Waals surface area contributed by atoms with Gasteiger partial charge in [0.05, 0.1) is 11.7 Å². The van der Waals surface area contributed by atoms with Gasteiger partial charge in [-0.05, 0) is 11.6 Å². The number of anilines is 2. The van der Waals surface area contributed by atoms with Crippen LogP contribution in [0.1, 0.15) is 0 Å². The topological polar surface area (TPSA) is 95.6 Å². The van der Waals surface area contributed by atoms with Gasteiger partial charge in [-0.2, -0.15) is 10.1 Å². The summed E-state index contributed by atoms with van der Waals surface area (Å²) in [5.41, 5.74) is 14.1. The maximum Gasteiger partial charge on any atom is 0.221 e. The highest BCUT2D eigenvalue weighted by molar-refractivity contribution is 5.86. The van der Waals surface area contributed by atoms with Gasteiger partial charge in [-0.3, -0.25) is 4.68 Å². The van der Waals surface area contributed by atoms with E-state index in [-0.39, 0.29) is 18.4 Å². The number of aryl methyl sites for hydroxylation is 1. The Morgan fingerprint density at radius 3 is 2.68 bits per heavy atom. The highest BCUT2D eigenvalue weighted by Gasteiger charge is 2.07. The minimum atomic E-state index is 0. The van der Waals surface area contributed by atoms with E-state index in [0.717, 1.165) is 22.0 Å². The SMILES string of the molecule is Cl.Cn1ncc2ccc(-c3cnc(N)nc3N)cc21. The van der Waals surface area contributed by atoms with Gasteiger partial charge in [0.15, 0.2) is 0 Å².